The molecule has 2 N–H and O–H groups in total. The molecule has 3 heteroatoms. The van der Waals surface area contributed by atoms with Gasteiger partial charge in [0.2, 0.25) is 0 Å². The zero-order chi connectivity index (χ0) is 8.43. The smallest absolute Gasteiger partial charge is 0.0701 e. The second kappa shape index (κ2) is 3.52. The fourth-order valence-corrected chi connectivity index (χ4v) is 1.23. The van der Waals surface area contributed by atoms with Crippen LogP contribution in [-0.4, -0.2) is 30.8 Å². The van der Waals surface area contributed by atoms with Crippen molar-refractivity contribution >= 4 is 0 Å². The molecule has 0 radical (unpaired) electrons. The molecule has 0 aromatic rings. The Bertz CT molecular complexity index is 113. The molecular weight excluding hydrogens is 138 g/mol. The van der Waals surface area contributed by atoms with Gasteiger partial charge in [-0.3, -0.25) is 5.43 Å². The molecule has 0 aromatic heterocycles. The zero-order valence-electron chi connectivity index (χ0n) is 7.89. The van der Waals surface area contributed by atoms with Crippen molar-refractivity contribution in [2.75, 3.05) is 13.6 Å². The molecule has 0 spiro atoms. The Balaban J connectivity index is 2.51. The molecule has 1 rings (SSSR count). The number of hydrogen-bond acceptors (Lipinski definition) is 3. The Kier molecular flexibility index (Phi) is 2.87. The van der Waals surface area contributed by atoms with Gasteiger partial charge in [0.15, 0.2) is 0 Å². The van der Waals surface area contributed by atoms with Gasteiger partial charge in [0, 0.05) is 19.6 Å². The molecule has 0 aromatic carbocycles. The maximum Gasteiger partial charge on any atom is 0.0701 e. The second-order valence-corrected chi connectivity index (χ2v) is 3.59. The molecular formula is C8H19N3. The highest BCUT2D eigenvalue weighted by molar-refractivity contribution is 4.75. The third kappa shape index (κ3) is 2.15. The molecule has 1 aliphatic heterocycles. The molecule has 0 bridgehead atoms. The van der Waals surface area contributed by atoms with Gasteiger partial charge in [-0.15, -0.1) is 0 Å². The van der Waals surface area contributed by atoms with Crippen molar-refractivity contribution in [1.82, 2.24) is 15.8 Å². The van der Waals surface area contributed by atoms with Crippen LogP contribution in [0.2, 0.25) is 0 Å². The summed E-state index contributed by atoms with van der Waals surface area (Å²) in [6, 6.07) is 0.567. The van der Waals surface area contributed by atoms with Crippen LogP contribution in [0, 0.1) is 5.92 Å². The monoisotopic (exact) mass is 157 g/mol. The van der Waals surface area contributed by atoms with E-state index in [2.05, 4.69) is 43.6 Å². The minimum absolute atomic E-state index is 0.433. The first-order chi connectivity index (χ1) is 5.11. The summed E-state index contributed by atoms with van der Waals surface area (Å²) >= 11 is 0. The number of nitrogens with zero attached hydrogens (tertiary/aromatic N) is 1. The Labute approximate surface area is 69.1 Å². The van der Waals surface area contributed by atoms with Crippen molar-refractivity contribution < 1.29 is 0 Å². The zero-order valence-corrected chi connectivity index (χ0v) is 7.89. The van der Waals surface area contributed by atoms with Crippen LogP contribution in [0.15, 0.2) is 0 Å². The maximum atomic E-state index is 3.44. The lowest BCUT2D eigenvalue weighted by Crippen LogP contribution is -2.47. The van der Waals surface area contributed by atoms with Crippen LogP contribution < -0.4 is 10.7 Å². The summed E-state index contributed by atoms with van der Waals surface area (Å²) in [6.07, 6.45) is 0.433. The van der Waals surface area contributed by atoms with E-state index in [1.807, 2.05) is 0 Å². The lowest BCUT2D eigenvalue weighted by Gasteiger charge is -2.25. The lowest BCUT2D eigenvalue weighted by atomic mass is 10.1. The second-order valence-electron chi connectivity index (χ2n) is 3.59. The first kappa shape index (κ1) is 8.97. The topological polar surface area (TPSA) is 27.3 Å². The summed E-state index contributed by atoms with van der Waals surface area (Å²) in [5.41, 5.74) is 3.41. The summed E-state index contributed by atoms with van der Waals surface area (Å²) in [5, 5.41) is 5.57. The molecule has 1 aliphatic rings. The van der Waals surface area contributed by atoms with Crippen LogP contribution >= 0.6 is 0 Å². The number of hydrazine groups is 1. The van der Waals surface area contributed by atoms with E-state index in [0.717, 1.165) is 6.54 Å². The first-order valence-electron chi connectivity index (χ1n) is 4.33. The van der Waals surface area contributed by atoms with Crippen LogP contribution in [0.25, 0.3) is 0 Å². The van der Waals surface area contributed by atoms with Crippen LogP contribution in [0.5, 0.6) is 0 Å². The lowest BCUT2D eigenvalue weighted by molar-refractivity contribution is 0.146. The van der Waals surface area contributed by atoms with Crippen LogP contribution in [0.3, 0.4) is 0 Å². The van der Waals surface area contributed by atoms with E-state index in [1.165, 1.54) is 0 Å². The average Bonchev–Trinajstić information content (AvgIpc) is 2.05. The number of rotatable bonds is 0. The Morgan fingerprint density at radius 3 is 2.55 bits per heavy atom. The van der Waals surface area contributed by atoms with Gasteiger partial charge in [-0.2, -0.15) is 0 Å². The molecule has 66 valence electrons. The van der Waals surface area contributed by atoms with Crippen molar-refractivity contribution in [2.24, 2.45) is 5.92 Å². The Hall–Kier alpha value is -0.120. The van der Waals surface area contributed by atoms with Gasteiger partial charge in [-0.1, -0.05) is 6.92 Å². The Morgan fingerprint density at radius 2 is 1.91 bits per heavy atom. The number of hydrogen-bond donors (Lipinski definition) is 2. The predicted molar refractivity (Wildman–Crippen MR) is 47.0 cm³/mol. The third-order valence-corrected chi connectivity index (χ3v) is 2.58. The van der Waals surface area contributed by atoms with E-state index < -0.39 is 0 Å². The third-order valence-electron chi connectivity index (χ3n) is 2.58. The van der Waals surface area contributed by atoms with Crippen molar-refractivity contribution in [2.45, 2.75) is 33.0 Å². The van der Waals surface area contributed by atoms with Crippen molar-refractivity contribution in [1.29, 1.82) is 0 Å². The molecule has 1 saturated heterocycles. The van der Waals surface area contributed by atoms with Gasteiger partial charge < -0.3 is 5.32 Å². The van der Waals surface area contributed by atoms with Crippen LogP contribution in [0.4, 0.5) is 0 Å². The summed E-state index contributed by atoms with van der Waals surface area (Å²) in [4.78, 5) is 0. The highest BCUT2D eigenvalue weighted by Gasteiger charge is 2.20. The van der Waals surface area contributed by atoms with E-state index in [9.17, 15) is 0 Å². The molecule has 11 heavy (non-hydrogen) atoms. The van der Waals surface area contributed by atoms with Gasteiger partial charge in [0.25, 0.3) is 0 Å². The minimum Gasteiger partial charge on any atom is -0.301 e. The SMILES string of the molecule is CC1CNC(C)N(C)NC1C. The van der Waals surface area contributed by atoms with E-state index >= 15 is 0 Å². The molecule has 3 unspecified atom stereocenters. The van der Waals surface area contributed by atoms with Crippen molar-refractivity contribution in [3.8, 4) is 0 Å². The van der Waals surface area contributed by atoms with E-state index in [4.69, 9.17) is 0 Å². The molecule has 1 heterocycles. The van der Waals surface area contributed by atoms with E-state index in [1.54, 1.807) is 0 Å². The predicted octanol–water partition coefficient (Wildman–Crippen LogP) is 0.397. The number of nitrogens with one attached hydrogen (secondary N) is 2. The van der Waals surface area contributed by atoms with Crippen molar-refractivity contribution in [3.63, 3.8) is 0 Å². The molecule has 0 saturated carbocycles. The quantitative estimate of drug-likeness (QED) is 0.533. The molecule has 0 amide bonds. The normalized spacial score (nSPS) is 42.0. The van der Waals surface area contributed by atoms with E-state index in [-0.39, 0.29) is 0 Å². The average molecular weight is 157 g/mol. The molecule has 0 aliphatic carbocycles. The highest BCUT2D eigenvalue weighted by Crippen LogP contribution is 2.06. The summed E-state index contributed by atoms with van der Waals surface area (Å²) in [7, 11) is 2.08. The summed E-state index contributed by atoms with van der Waals surface area (Å²) < 4.78 is 0. The standard InChI is InChI=1S/C8H19N3/c1-6-5-9-8(3)11(4)10-7(6)2/h6-10H,5H2,1-4H3. The summed E-state index contributed by atoms with van der Waals surface area (Å²) in [5.74, 6) is 0.697. The van der Waals surface area contributed by atoms with Crippen molar-refractivity contribution in [3.05, 3.63) is 0 Å². The fourth-order valence-electron chi connectivity index (χ4n) is 1.23. The van der Waals surface area contributed by atoms with E-state index in [0.29, 0.717) is 18.1 Å². The minimum atomic E-state index is 0.433. The largest absolute Gasteiger partial charge is 0.301 e. The molecule has 3 nitrogen and oxygen atoms in total. The van der Waals surface area contributed by atoms with Gasteiger partial charge in [0.1, 0.15) is 0 Å². The van der Waals surface area contributed by atoms with Crippen LogP contribution in [-0.2, 0) is 0 Å². The molecule has 3 atom stereocenters. The highest BCUT2D eigenvalue weighted by atomic mass is 15.6. The molecule has 1 fully saturated rings. The first-order valence-corrected chi connectivity index (χ1v) is 4.33. The van der Waals surface area contributed by atoms with Crippen LogP contribution in [0.1, 0.15) is 20.8 Å². The van der Waals surface area contributed by atoms with Gasteiger partial charge >= 0.3 is 0 Å². The summed E-state index contributed by atoms with van der Waals surface area (Å²) in [6.45, 7) is 7.74. The Morgan fingerprint density at radius 1 is 1.27 bits per heavy atom. The van der Waals surface area contributed by atoms with Gasteiger partial charge in [-0.25, -0.2) is 5.01 Å². The van der Waals surface area contributed by atoms with Gasteiger partial charge in [0.05, 0.1) is 6.17 Å². The maximum absolute atomic E-state index is 3.44. The fraction of sp³-hybridized carbons (Fsp3) is 1.00. The van der Waals surface area contributed by atoms with Gasteiger partial charge in [-0.05, 0) is 19.8 Å².